The number of piperazine rings is 1. The number of amides is 1. The number of nitrogens with one attached hydrogen (secondary N) is 1. The third-order valence-electron chi connectivity index (χ3n) is 5.23. The number of benzene rings is 1. The summed E-state index contributed by atoms with van der Waals surface area (Å²) in [6.07, 6.45) is 3.64. The lowest BCUT2D eigenvalue weighted by molar-refractivity contribution is 0.0746. The Kier molecular flexibility index (Phi) is 4.23. The zero-order valence-electron chi connectivity index (χ0n) is 16.0. The Balaban J connectivity index is 1.24. The first kappa shape index (κ1) is 17.4. The van der Waals surface area contributed by atoms with Crippen LogP contribution in [0, 0.1) is 6.92 Å². The Hall–Kier alpha value is -3.68. The highest BCUT2D eigenvalue weighted by Gasteiger charge is 2.23. The lowest BCUT2D eigenvalue weighted by Gasteiger charge is -2.35. The van der Waals surface area contributed by atoms with Crippen molar-refractivity contribution in [2.24, 2.45) is 0 Å². The fourth-order valence-corrected chi connectivity index (χ4v) is 3.62. The maximum absolute atomic E-state index is 12.9. The number of rotatable bonds is 3. The van der Waals surface area contributed by atoms with Gasteiger partial charge in [0.2, 0.25) is 11.7 Å². The third kappa shape index (κ3) is 3.33. The summed E-state index contributed by atoms with van der Waals surface area (Å²) in [5.74, 6) is 2.02. The van der Waals surface area contributed by atoms with Gasteiger partial charge >= 0.3 is 0 Å². The van der Waals surface area contributed by atoms with Crippen LogP contribution < -0.4 is 4.90 Å². The van der Waals surface area contributed by atoms with Gasteiger partial charge in [0, 0.05) is 62.1 Å². The van der Waals surface area contributed by atoms with Crippen molar-refractivity contribution in [1.82, 2.24) is 25.0 Å². The van der Waals surface area contributed by atoms with Crippen LogP contribution in [-0.4, -0.2) is 57.1 Å². The first-order chi connectivity index (χ1) is 14.2. The van der Waals surface area contributed by atoms with E-state index in [4.69, 9.17) is 4.52 Å². The van der Waals surface area contributed by atoms with E-state index in [0.29, 0.717) is 30.4 Å². The van der Waals surface area contributed by atoms with Gasteiger partial charge in [0.15, 0.2) is 0 Å². The van der Waals surface area contributed by atoms with E-state index in [1.54, 1.807) is 13.1 Å². The summed E-state index contributed by atoms with van der Waals surface area (Å²) >= 11 is 0. The van der Waals surface area contributed by atoms with Gasteiger partial charge in [0.25, 0.3) is 5.91 Å². The number of aryl methyl sites for hydroxylation is 1. The fourth-order valence-electron chi connectivity index (χ4n) is 3.62. The van der Waals surface area contributed by atoms with Crippen LogP contribution in [0.3, 0.4) is 0 Å². The van der Waals surface area contributed by atoms with E-state index in [1.165, 1.54) is 0 Å². The Bertz CT molecular complexity index is 1160. The van der Waals surface area contributed by atoms with E-state index in [0.717, 1.165) is 35.4 Å². The number of hydrogen-bond donors (Lipinski definition) is 1. The molecule has 0 spiro atoms. The molecule has 4 heterocycles. The summed E-state index contributed by atoms with van der Waals surface area (Å²) in [4.78, 5) is 28.9. The summed E-state index contributed by atoms with van der Waals surface area (Å²) in [6.45, 7) is 4.56. The lowest BCUT2D eigenvalue weighted by Crippen LogP contribution is -2.49. The van der Waals surface area contributed by atoms with Gasteiger partial charge in [-0.05, 0) is 35.7 Å². The van der Waals surface area contributed by atoms with Gasteiger partial charge in [0.05, 0.1) is 0 Å². The standard InChI is InChI=1S/C21H20N6O2/c1-14-24-20(25-29-14)17-4-5-19(23-13-17)26-8-10-27(11-9-26)21(28)16-3-2-15-6-7-22-18(15)12-16/h2-7,12-13,22H,8-11H2,1H3. The van der Waals surface area contributed by atoms with Gasteiger partial charge in [-0.1, -0.05) is 11.2 Å². The molecule has 0 unspecified atom stereocenters. The molecule has 146 valence electrons. The molecule has 1 amide bonds. The molecule has 29 heavy (non-hydrogen) atoms. The number of aromatic nitrogens is 4. The van der Waals surface area contributed by atoms with Crippen molar-refractivity contribution in [2.75, 3.05) is 31.1 Å². The van der Waals surface area contributed by atoms with Gasteiger partial charge in [-0.25, -0.2) is 4.98 Å². The monoisotopic (exact) mass is 388 g/mol. The summed E-state index contributed by atoms with van der Waals surface area (Å²) < 4.78 is 5.02. The first-order valence-electron chi connectivity index (χ1n) is 9.55. The van der Waals surface area contributed by atoms with E-state index in [2.05, 4.69) is 25.0 Å². The molecule has 0 atom stereocenters. The molecule has 3 aromatic heterocycles. The van der Waals surface area contributed by atoms with Crippen molar-refractivity contribution in [1.29, 1.82) is 0 Å². The second-order valence-corrected chi connectivity index (χ2v) is 7.10. The van der Waals surface area contributed by atoms with Crippen LogP contribution in [-0.2, 0) is 0 Å². The average molecular weight is 388 g/mol. The van der Waals surface area contributed by atoms with Crippen LogP contribution >= 0.6 is 0 Å². The lowest BCUT2D eigenvalue weighted by atomic mass is 10.1. The minimum absolute atomic E-state index is 0.0666. The predicted molar refractivity (Wildman–Crippen MR) is 109 cm³/mol. The summed E-state index contributed by atoms with van der Waals surface area (Å²) in [5.41, 5.74) is 2.51. The van der Waals surface area contributed by atoms with Crippen molar-refractivity contribution in [2.45, 2.75) is 6.92 Å². The number of aromatic amines is 1. The maximum Gasteiger partial charge on any atom is 0.254 e. The molecule has 1 saturated heterocycles. The Morgan fingerprint density at radius 1 is 1.10 bits per heavy atom. The molecule has 0 bridgehead atoms. The molecule has 1 aliphatic heterocycles. The fraction of sp³-hybridized carbons (Fsp3) is 0.238. The van der Waals surface area contributed by atoms with Crippen LogP contribution in [0.4, 0.5) is 5.82 Å². The van der Waals surface area contributed by atoms with Crippen LogP contribution in [0.2, 0.25) is 0 Å². The molecular formula is C21H20N6O2. The molecule has 0 radical (unpaired) electrons. The topological polar surface area (TPSA) is 91.2 Å². The van der Waals surface area contributed by atoms with Crippen molar-refractivity contribution in [3.8, 4) is 11.4 Å². The van der Waals surface area contributed by atoms with E-state index in [1.807, 2.05) is 47.5 Å². The number of H-pyrrole nitrogens is 1. The minimum Gasteiger partial charge on any atom is -0.361 e. The van der Waals surface area contributed by atoms with Crippen molar-refractivity contribution < 1.29 is 9.32 Å². The maximum atomic E-state index is 12.9. The normalized spacial score (nSPS) is 14.5. The zero-order valence-corrected chi connectivity index (χ0v) is 16.0. The third-order valence-corrected chi connectivity index (χ3v) is 5.23. The second-order valence-electron chi connectivity index (χ2n) is 7.10. The molecule has 8 nitrogen and oxygen atoms in total. The Labute approximate surface area is 167 Å². The molecule has 0 saturated carbocycles. The van der Waals surface area contributed by atoms with Crippen molar-refractivity contribution in [3.05, 3.63) is 60.2 Å². The molecule has 8 heteroatoms. The predicted octanol–water partition coefficient (Wildman–Crippen LogP) is 2.88. The van der Waals surface area contributed by atoms with Gasteiger partial charge in [-0.2, -0.15) is 4.98 Å². The molecule has 0 aliphatic carbocycles. The van der Waals surface area contributed by atoms with Gasteiger partial charge in [-0.3, -0.25) is 4.79 Å². The van der Waals surface area contributed by atoms with Crippen LogP contribution in [0.5, 0.6) is 0 Å². The number of nitrogens with zero attached hydrogens (tertiary/aromatic N) is 5. The van der Waals surface area contributed by atoms with Crippen molar-refractivity contribution >= 4 is 22.6 Å². The SMILES string of the molecule is Cc1nc(-c2ccc(N3CCN(C(=O)c4ccc5cc[nH]c5c4)CC3)nc2)no1. The van der Waals surface area contributed by atoms with Crippen LogP contribution in [0.1, 0.15) is 16.2 Å². The number of carbonyl (C=O) groups is 1. The molecule has 5 rings (SSSR count). The van der Waals surface area contributed by atoms with Gasteiger partial charge < -0.3 is 19.3 Å². The summed E-state index contributed by atoms with van der Waals surface area (Å²) in [6, 6.07) is 11.7. The molecule has 1 aromatic carbocycles. The smallest absolute Gasteiger partial charge is 0.254 e. The number of pyridine rings is 1. The van der Waals surface area contributed by atoms with E-state index in [9.17, 15) is 4.79 Å². The highest BCUT2D eigenvalue weighted by atomic mass is 16.5. The zero-order chi connectivity index (χ0) is 19.8. The summed E-state index contributed by atoms with van der Waals surface area (Å²) in [5, 5.41) is 5.02. The highest BCUT2D eigenvalue weighted by molar-refractivity contribution is 5.98. The number of hydrogen-bond acceptors (Lipinski definition) is 6. The Morgan fingerprint density at radius 3 is 2.69 bits per heavy atom. The largest absolute Gasteiger partial charge is 0.361 e. The second kappa shape index (κ2) is 7.05. The average Bonchev–Trinajstić information content (AvgIpc) is 3.42. The molecule has 4 aromatic rings. The van der Waals surface area contributed by atoms with Crippen LogP contribution in [0.25, 0.3) is 22.3 Å². The minimum atomic E-state index is 0.0666. The number of fused-ring (bicyclic) bond motifs is 1. The van der Waals surface area contributed by atoms with Crippen molar-refractivity contribution in [3.63, 3.8) is 0 Å². The molecule has 1 aliphatic rings. The Morgan fingerprint density at radius 2 is 1.97 bits per heavy atom. The first-order valence-corrected chi connectivity index (χ1v) is 9.55. The molecular weight excluding hydrogens is 368 g/mol. The number of anilines is 1. The quantitative estimate of drug-likeness (QED) is 0.580. The van der Waals surface area contributed by atoms with E-state index < -0.39 is 0 Å². The van der Waals surface area contributed by atoms with Crippen LogP contribution in [0.15, 0.2) is 53.3 Å². The summed E-state index contributed by atoms with van der Waals surface area (Å²) in [7, 11) is 0. The number of carbonyl (C=O) groups excluding carboxylic acids is 1. The molecule has 1 fully saturated rings. The highest BCUT2D eigenvalue weighted by Crippen LogP contribution is 2.21. The van der Waals surface area contributed by atoms with Gasteiger partial charge in [-0.15, -0.1) is 0 Å². The van der Waals surface area contributed by atoms with Gasteiger partial charge in [0.1, 0.15) is 5.82 Å². The van der Waals surface area contributed by atoms with E-state index in [-0.39, 0.29) is 5.91 Å². The van der Waals surface area contributed by atoms with E-state index >= 15 is 0 Å². The molecule has 1 N–H and O–H groups in total.